The maximum atomic E-state index is 12.9. The molecule has 0 aliphatic carbocycles. The van der Waals surface area contributed by atoms with Crippen LogP contribution in [0.4, 0.5) is 18.9 Å². The van der Waals surface area contributed by atoms with Crippen LogP contribution in [0.2, 0.25) is 0 Å². The van der Waals surface area contributed by atoms with Crippen LogP contribution in [-0.4, -0.2) is 6.43 Å². The molecule has 0 atom stereocenters. The average molecular weight is 175 g/mol. The predicted molar refractivity (Wildman–Crippen MR) is 40.5 cm³/mol. The van der Waals surface area contributed by atoms with Gasteiger partial charge in [0.25, 0.3) is 0 Å². The molecule has 0 aliphatic heterocycles. The van der Waals surface area contributed by atoms with E-state index in [-0.39, 0.29) is 11.3 Å². The monoisotopic (exact) mass is 175 g/mol. The summed E-state index contributed by atoms with van der Waals surface area (Å²) in [6, 6.07) is 4.10. The van der Waals surface area contributed by atoms with Gasteiger partial charge in [-0.2, -0.15) is 0 Å². The maximum Gasteiger partial charge on any atom is 0.242 e. The summed E-state index contributed by atoms with van der Waals surface area (Å²) >= 11 is 0. The van der Waals surface area contributed by atoms with Gasteiger partial charge in [0.05, 0.1) is 5.69 Å². The third-order valence-corrected chi connectivity index (χ3v) is 1.48. The second kappa shape index (κ2) is 3.47. The molecule has 1 aromatic rings. The molecule has 0 aromatic heterocycles. The number of nitrogens with two attached hydrogens (primary N) is 1. The fourth-order valence-corrected chi connectivity index (χ4v) is 0.924. The van der Waals surface area contributed by atoms with Gasteiger partial charge in [0, 0.05) is 6.42 Å². The molecule has 0 bridgehead atoms. The molecule has 1 rings (SSSR count). The van der Waals surface area contributed by atoms with Crippen molar-refractivity contribution in [3.05, 3.63) is 29.6 Å². The van der Waals surface area contributed by atoms with E-state index < -0.39 is 18.7 Å². The van der Waals surface area contributed by atoms with E-state index in [0.29, 0.717) is 0 Å². The van der Waals surface area contributed by atoms with E-state index in [4.69, 9.17) is 5.73 Å². The van der Waals surface area contributed by atoms with Gasteiger partial charge in [-0.25, -0.2) is 13.2 Å². The molecule has 0 aliphatic rings. The maximum absolute atomic E-state index is 12.9. The first-order chi connectivity index (χ1) is 5.61. The molecule has 1 nitrogen and oxygen atoms in total. The second-order valence-electron chi connectivity index (χ2n) is 2.42. The van der Waals surface area contributed by atoms with E-state index in [1.807, 2.05) is 0 Å². The fraction of sp³-hybridized carbons (Fsp3) is 0.250. The molecule has 2 N–H and O–H groups in total. The molecule has 0 heterocycles. The van der Waals surface area contributed by atoms with Crippen molar-refractivity contribution in [2.24, 2.45) is 0 Å². The lowest BCUT2D eigenvalue weighted by molar-refractivity contribution is 0.148. The Hall–Kier alpha value is -1.19. The smallest absolute Gasteiger partial charge is 0.242 e. The van der Waals surface area contributed by atoms with Crippen LogP contribution in [0.1, 0.15) is 5.56 Å². The van der Waals surface area contributed by atoms with Crippen molar-refractivity contribution in [3.8, 4) is 0 Å². The first-order valence-electron chi connectivity index (χ1n) is 3.42. The number of nitrogen functional groups attached to an aromatic ring is 1. The molecular formula is C8H8F3N. The van der Waals surface area contributed by atoms with Gasteiger partial charge in [-0.3, -0.25) is 0 Å². The Morgan fingerprint density at radius 2 is 2.00 bits per heavy atom. The zero-order valence-corrected chi connectivity index (χ0v) is 6.23. The largest absolute Gasteiger partial charge is 0.396 e. The number of anilines is 1. The third-order valence-electron chi connectivity index (χ3n) is 1.48. The minimum Gasteiger partial charge on any atom is -0.396 e. The Morgan fingerprint density at radius 1 is 1.33 bits per heavy atom. The molecule has 0 amide bonds. The number of hydrogen-bond acceptors (Lipinski definition) is 1. The SMILES string of the molecule is Nc1cccc(CC(F)F)c1F. The molecule has 0 saturated heterocycles. The number of rotatable bonds is 2. The van der Waals surface area contributed by atoms with Crippen molar-refractivity contribution in [2.75, 3.05) is 5.73 Å². The first kappa shape index (κ1) is 8.90. The average Bonchev–Trinajstić information content (AvgIpc) is 1.98. The van der Waals surface area contributed by atoms with Gasteiger partial charge < -0.3 is 5.73 Å². The molecule has 0 radical (unpaired) electrons. The summed E-state index contributed by atoms with van der Waals surface area (Å²) < 4.78 is 36.6. The summed E-state index contributed by atoms with van der Waals surface area (Å²) in [5.41, 5.74) is 5.05. The highest BCUT2D eigenvalue weighted by Gasteiger charge is 2.10. The minimum absolute atomic E-state index is 0.0370. The zero-order valence-electron chi connectivity index (χ0n) is 6.23. The van der Waals surface area contributed by atoms with E-state index in [1.165, 1.54) is 18.2 Å². The van der Waals surface area contributed by atoms with E-state index in [2.05, 4.69) is 0 Å². The topological polar surface area (TPSA) is 26.0 Å². The Labute approximate surface area is 68.0 Å². The lowest BCUT2D eigenvalue weighted by Gasteiger charge is -2.03. The van der Waals surface area contributed by atoms with Crippen molar-refractivity contribution in [2.45, 2.75) is 12.8 Å². The molecule has 66 valence electrons. The second-order valence-corrected chi connectivity index (χ2v) is 2.42. The first-order valence-corrected chi connectivity index (χ1v) is 3.42. The highest BCUT2D eigenvalue weighted by atomic mass is 19.3. The highest BCUT2D eigenvalue weighted by Crippen LogP contribution is 2.17. The summed E-state index contributed by atoms with van der Waals surface area (Å²) in [5.74, 6) is -0.738. The zero-order chi connectivity index (χ0) is 9.14. The molecule has 4 heteroatoms. The molecule has 0 unspecified atom stereocenters. The van der Waals surface area contributed by atoms with E-state index in [1.54, 1.807) is 0 Å². The highest BCUT2D eigenvalue weighted by molar-refractivity contribution is 5.42. The lowest BCUT2D eigenvalue weighted by atomic mass is 10.1. The summed E-state index contributed by atoms with van der Waals surface area (Å²) in [5, 5.41) is 0. The fourth-order valence-electron chi connectivity index (χ4n) is 0.924. The molecule has 0 spiro atoms. The van der Waals surface area contributed by atoms with Crippen LogP contribution in [0.25, 0.3) is 0 Å². The molecule has 0 fully saturated rings. The molecule has 0 saturated carbocycles. The third kappa shape index (κ3) is 1.90. The van der Waals surface area contributed by atoms with Crippen LogP contribution < -0.4 is 5.73 Å². The van der Waals surface area contributed by atoms with Crippen LogP contribution in [0.15, 0.2) is 18.2 Å². The van der Waals surface area contributed by atoms with Gasteiger partial charge in [0.1, 0.15) is 5.82 Å². The van der Waals surface area contributed by atoms with E-state index in [0.717, 1.165) is 0 Å². The van der Waals surface area contributed by atoms with Crippen LogP contribution in [0, 0.1) is 5.82 Å². The number of halogens is 3. The van der Waals surface area contributed by atoms with Gasteiger partial charge in [0.15, 0.2) is 0 Å². The summed E-state index contributed by atoms with van der Waals surface area (Å²) in [6.45, 7) is 0. The number of benzene rings is 1. The predicted octanol–water partition coefficient (Wildman–Crippen LogP) is 2.22. The lowest BCUT2D eigenvalue weighted by Crippen LogP contribution is -2.02. The van der Waals surface area contributed by atoms with Crippen LogP contribution in [0.3, 0.4) is 0 Å². The van der Waals surface area contributed by atoms with E-state index in [9.17, 15) is 13.2 Å². The number of alkyl halides is 2. The van der Waals surface area contributed by atoms with Gasteiger partial charge in [-0.05, 0) is 11.6 Å². The van der Waals surface area contributed by atoms with Crippen molar-refractivity contribution in [3.63, 3.8) is 0 Å². The number of hydrogen-bond donors (Lipinski definition) is 1. The van der Waals surface area contributed by atoms with Crippen LogP contribution >= 0.6 is 0 Å². The minimum atomic E-state index is -2.54. The molecule has 1 aromatic carbocycles. The van der Waals surface area contributed by atoms with Crippen molar-refractivity contribution in [1.82, 2.24) is 0 Å². The van der Waals surface area contributed by atoms with Gasteiger partial charge in [-0.15, -0.1) is 0 Å². The normalized spacial score (nSPS) is 10.7. The Bertz CT molecular complexity index is 273. The summed E-state index contributed by atoms with van der Waals surface area (Å²) in [4.78, 5) is 0. The standard InChI is InChI=1S/C8H8F3N/c9-7(10)4-5-2-1-3-6(12)8(5)11/h1-3,7H,4,12H2. The summed E-state index contributed by atoms with van der Waals surface area (Å²) in [7, 11) is 0. The van der Waals surface area contributed by atoms with Crippen LogP contribution in [0.5, 0.6) is 0 Å². The Morgan fingerprint density at radius 3 is 2.58 bits per heavy atom. The van der Waals surface area contributed by atoms with Gasteiger partial charge >= 0.3 is 0 Å². The Kier molecular flexibility index (Phi) is 2.58. The van der Waals surface area contributed by atoms with Crippen LogP contribution in [-0.2, 0) is 6.42 Å². The molecule has 12 heavy (non-hydrogen) atoms. The Balaban J connectivity index is 2.92. The quantitative estimate of drug-likeness (QED) is 0.685. The van der Waals surface area contributed by atoms with Crippen molar-refractivity contribution in [1.29, 1.82) is 0 Å². The molecular weight excluding hydrogens is 167 g/mol. The summed E-state index contributed by atoms with van der Waals surface area (Å²) in [6.07, 6.45) is -3.13. The van der Waals surface area contributed by atoms with Crippen molar-refractivity contribution < 1.29 is 13.2 Å². The van der Waals surface area contributed by atoms with Gasteiger partial charge in [0.2, 0.25) is 6.43 Å². The van der Waals surface area contributed by atoms with Gasteiger partial charge in [-0.1, -0.05) is 12.1 Å². The van der Waals surface area contributed by atoms with Crippen molar-refractivity contribution >= 4 is 5.69 Å². The van der Waals surface area contributed by atoms with E-state index >= 15 is 0 Å².